The van der Waals surface area contributed by atoms with Gasteiger partial charge in [0.2, 0.25) is 11.8 Å². The van der Waals surface area contributed by atoms with Crippen LogP contribution in [-0.2, 0) is 67.2 Å². The van der Waals surface area contributed by atoms with Crippen molar-refractivity contribution in [2.24, 2.45) is 0 Å². The van der Waals surface area contributed by atoms with E-state index in [1.165, 1.54) is 6.07 Å². The Morgan fingerprint density at radius 3 is 2.20 bits per heavy atom. The molecule has 1 atom stereocenters. The molecule has 4 aromatic carbocycles. The predicted octanol–water partition coefficient (Wildman–Crippen LogP) is 7.73. The van der Waals surface area contributed by atoms with E-state index < -0.39 is 6.72 Å². The zero-order valence-corrected chi connectivity index (χ0v) is 46.9. The first-order chi connectivity index (χ1) is 38.5. The number of aromatic nitrogens is 5. The normalized spacial score (nSPS) is 12.9. The van der Waals surface area contributed by atoms with E-state index in [1.807, 2.05) is 97.5 Å². The number of ether oxygens (including phenoxy) is 5. The SMILES string of the molecule is CCOP([O-])(=S)OCCCCCCNC(=O)CCC(=O)N1Cc2ccccc2-c2c(nnn2CCOCCOCCOCCOCCOCCN(C)c2ccc(-c3cc(=O)c4ccc5[nH]c(C)nc5c4o3)cc2)-c2ccccc21. The van der Waals surface area contributed by atoms with E-state index in [4.69, 9.17) is 49.0 Å². The van der Waals surface area contributed by atoms with Gasteiger partial charge in [0.25, 0.3) is 0 Å². The lowest BCUT2D eigenvalue weighted by Crippen LogP contribution is -2.33. The first-order valence-corrected chi connectivity index (χ1v) is 29.5. The number of nitrogens with one attached hydrogen (secondary N) is 2. The van der Waals surface area contributed by atoms with Crippen molar-refractivity contribution in [3.8, 4) is 33.8 Å². The topological polar surface area (TPSA) is 230 Å². The summed E-state index contributed by atoms with van der Waals surface area (Å²) in [5.41, 5.74) is 8.46. The number of nitrogens with zero attached hydrogens (tertiary/aromatic N) is 6. The second-order valence-electron chi connectivity index (χ2n) is 18.8. The Labute approximate surface area is 464 Å². The van der Waals surface area contributed by atoms with Gasteiger partial charge in [-0.1, -0.05) is 72.3 Å². The number of carbonyl (C=O) groups excluding carboxylic acids is 2. The first kappa shape index (κ1) is 58.9. The highest BCUT2D eigenvalue weighted by Gasteiger charge is 2.29. The van der Waals surface area contributed by atoms with Gasteiger partial charge in [0.1, 0.15) is 29.5 Å². The third kappa shape index (κ3) is 16.7. The highest BCUT2D eigenvalue weighted by Crippen LogP contribution is 2.41. The quantitative estimate of drug-likeness (QED) is 0.0296. The Morgan fingerprint density at radius 1 is 0.797 bits per heavy atom. The molecule has 0 bridgehead atoms. The van der Waals surface area contributed by atoms with Crippen LogP contribution in [0, 0.1) is 6.92 Å². The maximum Gasteiger partial charge on any atom is 0.227 e. The van der Waals surface area contributed by atoms with Crippen molar-refractivity contribution < 1.29 is 51.6 Å². The lowest BCUT2D eigenvalue weighted by molar-refractivity contribution is -0.206. The van der Waals surface area contributed by atoms with Crippen molar-refractivity contribution in [3.05, 3.63) is 113 Å². The number of amides is 2. The summed E-state index contributed by atoms with van der Waals surface area (Å²) >= 11 is 4.82. The number of hydrogen-bond acceptors (Lipinski definition) is 17. The average molecular weight is 1120 g/mol. The highest BCUT2D eigenvalue weighted by atomic mass is 32.5. The highest BCUT2D eigenvalue weighted by molar-refractivity contribution is 8.06. The number of aromatic amines is 1. The van der Waals surface area contributed by atoms with Crippen molar-refractivity contribution in [2.45, 2.75) is 65.5 Å². The fraction of sp³-hybridized carbons (Fsp3) is 0.439. The molecule has 2 N–H and O–H groups in total. The standard InChI is InChI=1S/C57H71N8O12PS/c1-4-75-78(69,79)76-28-12-6-5-11-25-58-52(67)23-24-53(68)64-40-43-13-7-8-14-45(43)56-54(46-15-9-10-16-49(46)64)61-62-65(56)27-30-71-32-34-73-36-38-74-37-35-72-33-31-70-29-26-63(3)44-19-17-42(18-20-44)51-39-50(66)47-21-22-48-55(57(47)77-51)60-41(2)59-48/h7-10,13-22,39H,4-6,11-12,23-38,40H2,1-3H3,(H,58,67)(H,59,60)(H,69,79)/p-1. The number of H-pyrrole nitrogens is 1. The van der Waals surface area contributed by atoms with Gasteiger partial charge >= 0.3 is 0 Å². The molecule has 422 valence electrons. The Morgan fingerprint density at radius 2 is 1.47 bits per heavy atom. The number of rotatable bonds is 33. The number of unbranched alkanes of at least 4 members (excludes halogenated alkanes) is 3. The third-order valence-electron chi connectivity index (χ3n) is 13.1. The summed E-state index contributed by atoms with van der Waals surface area (Å²) in [7, 11) is 2.00. The summed E-state index contributed by atoms with van der Waals surface area (Å²) in [4.78, 5) is 63.1. The molecule has 4 heterocycles. The number of para-hydroxylation sites is 1. The van der Waals surface area contributed by atoms with Crippen LogP contribution < -0.4 is 25.4 Å². The molecule has 20 nitrogen and oxygen atoms in total. The second kappa shape index (κ2) is 29.8. The summed E-state index contributed by atoms with van der Waals surface area (Å²) in [5, 5.41) is 12.6. The van der Waals surface area contributed by atoms with Gasteiger partial charge in [-0.15, -0.1) is 5.10 Å². The lowest BCUT2D eigenvalue weighted by Gasteiger charge is -2.28. The summed E-state index contributed by atoms with van der Waals surface area (Å²) in [5.74, 6) is 0.892. The van der Waals surface area contributed by atoms with Gasteiger partial charge in [-0.25, -0.2) is 9.67 Å². The van der Waals surface area contributed by atoms with E-state index in [1.54, 1.807) is 17.9 Å². The number of carbonyl (C=O) groups is 2. The number of anilines is 2. The number of imidazole rings is 1. The number of fused-ring (bicyclic) bond motifs is 8. The summed E-state index contributed by atoms with van der Waals surface area (Å²) < 4.78 is 47.0. The molecule has 2 amide bonds. The maximum atomic E-state index is 13.9. The molecule has 0 aliphatic carbocycles. The zero-order valence-electron chi connectivity index (χ0n) is 45.2. The summed E-state index contributed by atoms with van der Waals surface area (Å²) in [6, 6.07) is 28.6. The van der Waals surface area contributed by atoms with Gasteiger partial charge in [0, 0.05) is 61.4 Å². The van der Waals surface area contributed by atoms with Crippen LogP contribution in [0.4, 0.5) is 11.4 Å². The van der Waals surface area contributed by atoms with E-state index >= 15 is 0 Å². The minimum absolute atomic E-state index is 0.0393. The molecule has 0 radical (unpaired) electrons. The fourth-order valence-electron chi connectivity index (χ4n) is 9.11. The largest absolute Gasteiger partial charge is 0.780 e. The number of aryl methyl sites for hydroxylation is 1. The molecule has 0 fully saturated rings. The molecule has 1 aliphatic rings. The fourth-order valence-corrected chi connectivity index (χ4v) is 10.4. The minimum atomic E-state index is -3.40. The van der Waals surface area contributed by atoms with Gasteiger partial charge in [0.05, 0.1) is 115 Å². The van der Waals surface area contributed by atoms with Crippen LogP contribution in [0.2, 0.25) is 0 Å². The molecule has 7 aromatic rings. The summed E-state index contributed by atoms with van der Waals surface area (Å²) in [6.07, 6.45) is 3.24. The van der Waals surface area contributed by atoms with Gasteiger partial charge in [-0.05, 0) is 74.7 Å². The van der Waals surface area contributed by atoms with Crippen LogP contribution in [0.3, 0.4) is 0 Å². The number of benzene rings is 4. The molecule has 1 aliphatic heterocycles. The molecule has 1 unspecified atom stereocenters. The molecular formula is C57H70N8O12PS-. The molecule has 0 saturated heterocycles. The smallest absolute Gasteiger partial charge is 0.227 e. The van der Waals surface area contributed by atoms with Crippen molar-refractivity contribution in [1.29, 1.82) is 0 Å². The molecule has 79 heavy (non-hydrogen) atoms. The van der Waals surface area contributed by atoms with Crippen LogP contribution in [-0.4, -0.2) is 136 Å². The molecular weight excluding hydrogens is 1050 g/mol. The number of likely N-dealkylation sites (N-methyl/N-ethyl adjacent to an activating group) is 1. The number of hydrogen-bond donors (Lipinski definition) is 2. The van der Waals surface area contributed by atoms with E-state index in [9.17, 15) is 19.3 Å². The first-order valence-electron chi connectivity index (χ1n) is 26.9. The van der Waals surface area contributed by atoms with Crippen molar-refractivity contribution in [2.75, 3.05) is 109 Å². The van der Waals surface area contributed by atoms with Gasteiger partial charge in [-0.2, -0.15) is 0 Å². The van der Waals surface area contributed by atoms with E-state index in [2.05, 4.69) is 30.5 Å². The van der Waals surface area contributed by atoms with Crippen LogP contribution in [0.25, 0.3) is 55.8 Å². The van der Waals surface area contributed by atoms with Gasteiger partial charge < -0.3 is 62.1 Å². The van der Waals surface area contributed by atoms with Crippen LogP contribution >= 0.6 is 6.72 Å². The van der Waals surface area contributed by atoms with Crippen LogP contribution in [0.15, 0.2) is 100 Å². The monoisotopic (exact) mass is 1120 g/mol. The third-order valence-corrected chi connectivity index (χ3v) is 14.9. The zero-order chi connectivity index (χ0) is 55.4. The Balaban J connectivity index is 0.671. The predicted molar refractivity (Wildman–Crippen MR) is 304 cm³/mol. The average Bonchev–Trinajstić information content (AvgIpc) is 4.21. The molecule has 0 spiro atoms. The Bertz CT molecular complexity index is 3210. The minimum Gasteiger partial charge on any atom is -0.780 e. The molecule has 3 aromatic heterocycles. The van der Waals surface area contributed by atoms with Crippen LogP contribution in [0.1, 0.15) is 56.8 Å². The lowest BCUT2D eigenvalue weighted by atomic mass is 9.95. The summed E-state index contributed by atoms with van der Waals surface area (Å²) in [6.45, 7) is 7.01. The molecule has 22 heteroatoms. The van der Waals surface area contributed by atoms with Gasteiger partial charge in [-0.3, -0.25) is 14.4 Å². The van der Waals surface area contributed by atoms with Crippen molar-refractivity contribution in [1.82, 2.24) is 30.3 Å². The molecule has 8 rings (SSSR count). The van der Waals surface area contributed by atoms with Crippen molar-refractivity contribution >= 4 is 63.7 Å². The van der Waals surface area contributed by atoms with Crippen molar-refractivity contribution in [3.63, 3.8) is 0 Å². The maximum absolute atomic E-state index is 13.9. The molecule has 0 saturated carbocycles. The Kier molecular flexibility index (Phi) is 22.2. The van der Waals surface area contributed by atoms with Gasteiger partial charge in [0.15, 0.2) is 11.0 Å². The Hall–Kier alpha value is -6.23. The van der Waals surface area contributed by atoms with E-state index in [-0.39, 0.29) is 43.3 Å². The second-order valence-corrected chi connectivity index (χ2v) is 21.5. The van der Waals surface area contributed by atoms with Crippen LogP contribution in [0.5, 0.6) is 0 Å². The van der Waals surface area contributed by atoms with E-state index in [0.29, 0.717) is 132 Å². The van der Waals surface area contributed by atoms with E-state index in [0.717, 1.165) is 64.2 Å².